The van der Waals surface area contributed by atoms with E-state index in [0.717, 1.165) is 38.3 Å². The fraction of sp³-hybridized carbons (Fsp3) is 0.240. The number of carbonyl (C=O) groups excluding carboxylic acids is 1. The minimum Gasteiger partial charge on any atom is -0.309 e. The molecule has 1 N–H and O–H groups in total. The Hall–Kier alpha value is -3.06. The summed E-state index contributed by atoms with van der Waals surface area (Å²) in [6, 6.07) is 21.4. The van der Waals surface area contributed by atoms with Crippen LogP contribution in [-0.4, -0.2) is 64.9 Å². The zero-order valence-corrected chi connectivity index (χ0v) is 18.6. The number of nitrogens with zero attached hydrogens (tertiary/aromatic N) is 4. The number of halogens is 1. The summed E-state index contributed by atoms with van der Waals surface area (Å²) < 4.78 is 0. The Balaban J connectivity index is 1.25. The Labute approximate surface area is 193 Å². The van der Waals surface area contributed by atoms with E-state index in [1.54, 1.807) is 6.07 Å². The Kier molecular flexibility index (Phi) is 7.61. The first-order valence-corrected chi connectivity index (χ1v) is 11.1. The molecule has 0 radical (unpaired) electrons. The maximum atomic E-state index is 12.6. The van der Waals surface area contributed by atoms with Crippen LogP contribution in [0.15, 0.2) is 72.8 Å². The summed E-state index contributed by atoms with van der Waals surface area (Å²) in [6.45, 7) is 4.82. The average molecular weight is 448 g/mol. The van der Waals surface area contributed by atoms with Gasteiger partial charge in [-0.3, -0.25) is 14.6 Å². The lowest BCUT2D eigenvalue weighted by Gasteiger charge is -2.33. The zero-order valence-electron chi connectivity index (χ0n) is 17.8. The van der Waals surface area contributed by atoms with Gasteiger partial charge in [0.2, 0.25) is 5.91 Å². The molecule has 0 bridgehead atoms. The van der Waals surface area contributed by atoms with E-state index in [2.05, 4.69) is 49.4 Å². The SMILES string of the molecule is O=C(CN1CCN(C/C=C/c2ccccc2)CC1)Nc1cc(Cl)nc(-c2ccccc2)n1. The van der Waals surface area contributed by atoms with Crippen LogP contribution < -0.4 is 5.32 Å². The van der Waals surface area contributed by atoms with Crippen LogP contribution >= 0.6 is 11.6 Å². The number of rotatable bonds is 7. The van der Waals surface area contributed by atoms with E-state index in [1.165, 1.54) is 5.56 Å². The van der Waals surface area contributed by atoms with E-state index in [1.807, 2.05) is 48.5 Å². The van der Waals surface area contributed by atoms with E-state index < -0.39 is 0 Å². The summed E-state index contributed by atoms with van der Waals surface area (Å²) in [5.41, 5.74) is 2.06. The number of nitrogens with one attached hydrogen (secondary N) is 1. The van der Waals surface area contributed by atoms with E-state index in [0.29, 0.717) is 23.3 Å². The van der Waals surface area contributed by atoms with Crippen molar-refractivity contribution in [1.82, 2.24) is 19.8 Å². The molecule has 1 saturated heterocycles. The topological polar surface area (TPSA) is 61.4 Å². The standard InChI is InChI=1S/C25H26ClN5O/c26-22-18-23(29-25(27-22)21-11-5-2-6-12-21)28-24(32)19-31-16-14-30(15-17-31)13-7-10-20-8-3-1-4-9-20/h1-12,18H,13-17,19H2,(H,27,28,29,32)/b10-7+. The van der Waals surface area contributed by atoms with Gasteiger partial charge in [0.05, 0.1) is 6.54 Å². The Bertz CT molecular complexity index is 1050. The summed E-state index contributed by atoms with van der Waals surface area (Å²) >= 11 is 6.15. The van der Waals surface area contributed by atoms with E-state index >= 15 is 0 Å². The molecule has 32 heavy (non-hydrogen) atoms. The molecule has 0 aliphatic carbocycles. The van der Waals surface area contributed by atoms with Gasteiger partial charge in [0.1, 0.15) is 11.0 Å². The third-order valence-corrected chi connectivity index (χ3v) is 5.49. The van der Waals surface area contributed by atoms with Crippen LogP contribution in [0.4, 0.5) is 5.82 Å². The average Bonchev–Trinajstić information content (AvgIpc) is 2.81. The van der Waals surface area contributed by atoms with Gasteiger partial charge >= 0.3 is 0 Å². The minimum absolute atomic E-state index is 0.101. The van der Waals surface area contributed by atoms with Crippen molar-refractivity contribution in [3.8, 4) is 11.4 Å². The van der Waals surface area contributed by atoms with Crippen LogP contribution in [0.3, 0.4) is 0 Å². The Morgan fingerprint density at radius 1 is 0.938 bits per heavy atom. The second-order valence-corrected chi connectivity index (χ2v) is 8.09. The van der Waals surface area contributed by atoms with Crippen molar-refractivity contribution in [2.45, 2.75) is 0 Å². The molecular formula is C25H26ClN5O. The van der Waals surface area contributed by atoms with E-state index in [9.17, 15) is 4.79 Å². The van der Waals surface area contributed by atoms with Crippen LogP contribution in [0.1, 0.15) is 5.56 Å². The molecule has 4 rings (SSSR count). The molecule has 3 aromatic rings. The molecule has 1 amide bonds. The molecule has 0 saturated carbocycles. The van der Waals surface area contributed by atoms with Crippen molar-refractivity contribution in [2.75, 3.05) is 44.6 Å². The number of hydrogen-bond donors (Lipinski definition) is 1. The molecule has 2 aromatic carbocycles. The van der Waals surface area contributed by atoms with Gasteiger partial charge in [0.15, 0.2) is 5.82 Å². The van der Waals surface area contributed by atoms with Gasteiger partial charge < -0.3 is 5.32 Å². The van der Waals surface area contributed by atoms with Crippen molar-refractivity contribution in [3.05, 3.63) is 83.5 Å². The molecule has 1 fully saturated rings. The predicted octanol–water partition coefficient (Wildman–Crippen LogP) is 4.07. The first kappa shape index (κ1) is 22.1. The molecule has 1 aliphatic heterocycles. The number of aromatic nitrogens is 2. The third kappa shape index (κ3) is 6.47. The van der Waals surface area contributed by atoms with Gasteiger partial charge in [-0.25, -0.2) is 9.97 Å². The summed E-state index contributed by atoms with van der Waals surface area (Å²) in [4.78, 5) is 25.8. The number of benzene rings is 2. The van der Waals surface area contributed by atoms with E-state index in [4.69, 9.17) is 11.6 Å². The lowest BCUT2D eigenvalue weighted by molar-refractivity contribution is -0.117. The van der Waals surface area contributed by atoms with Crippen LogP contribution in [0.2, 0.25) is 5.15 Å². The summed E-state index contributed by atoms with van der Waals surface area (Å²) in [6.07, 6.45) is 4.34. The third-order valence-electron chi connectivity index (χ3n) is 5.30. The monoisotopic (exact) mass is 447 g/mol. The summed E-state index contributed by atoms with van der Waals surface area (Å²) in [5, 5.41) is 3.16. The normalized spacial score (nSPS) is 15.2. The van der Waals surface area contributed by atoms with Crippen LogP contribution in [0, 0.1) is 0 Å². The van der Waals surface area contributed by atoms with Crippen LogP contribution in [0.25, 0.3) is 17.5 Å². The minimum atomic E-state index is -0.101. The molecule has 1 aliphatic rings. The second kappa shape index (κ2) is 11.0. The molecule has 2 heterocycles. The highest BCUT2D eigenvalue weighted by molar-refractivity contribution is 6.29. The van der Waals surface area contributed by atoms with Gasteiger partial charge in [-0.15, -0.1) is 0 Å². The number of hydrogen-bond acceptors (Lipinski definition) is 5. The van der Waals surface area contributed by atoms with Gasteiger partial charge in [-0.05, 0) is 5.56 Å². The quantitative estimate of drug-likeness (QED) is 0.553. The van der Waals surface area contributed by atoms with Crippen molar-refractivity contribution >= 4 is 29.4 Å². The maximum absolute atomic E-state index is 12.6. The lowest BCUT2D eigenvalue weighted by atomic mass is 10.2. The van der Waals surface area contributed by atoms with E-state index in [-0.39, 0.29) is 5.91 Å². The number of piperazine rings is 1. The molecule has 0 spiro atoms. The highest BCUT2D eigenvalue weighted by Crippen LogP contribution is 2.20. The molecular weight excluding hydrogens is 422 g/mol. The maximum Gasteiger partial charge on any atom is 0.239 e. The molecule has 0 atom stereocenters. The predicted molar refractivity (Wildman–Crippen MR) is 129 cm³/mol. The van der Waals surface area contributed by atoms with Gasteiger partial charge in [-0.2, -0.15) is 0 Å². The van der Waals surface area contributed by atoms with Crippen LogP contribution in [-0.2, 0) is 4.79 Å². The van der Waals surface area contributed by atoms with Gasteiger partial charge in [0, 0.05) is 44.4 Å². The van der Waals surface area contributed by atoms with Gasteiger partial charge in [0.25, 0.3) is 0 Å². The number of amides is 1. The molecule has 0 unspecified atom stereocenters. The highest BCUT2D eigenvalue weighted by Gasteiger charge is 2.18. The Morgan fingerprint density at radius 3 is 2.31 bits per heavy atom. The molecule has 7 heteroatoms. The first-order valence-electron chi connectivity index (χ1n) is 10.7. The number of anilines is 1. The summed E-state index contributed by atoms with van der Waals surface area (Å²) in [5.74, 6) is 0.806. The molecule has 6 nitrogen and oxygen atoms in total. The Morgan fingerprint density at radius 2 is 1.59 bits per heavy atom. The van der Waals surface area contributed by atoms with Crippen molar-refractivity contribution in [3.63, 3.8) is 0 Å². The smallest absolute Gasteiger partial charge is 0.239 e. The van der Waals surface area contributed by atoms with Crippen molar-refractivity contribution < 1.29 is 4.79 Å². The molecule has 164 valence electrons. The highest BCUT2D eigenvalue weighted by atomic mass is 35.5. The summed E-state index contributed by atoms with van der Waals surface area (Å²) in [7, 11) is 0. The fourth-order valence-corrected chi connectivity index (χ4v) is 3.80. The van der Waals surface area contributed by atoms with Gasteiger partial charge in [-0.1, -0.05) is 84.4 Å². The fourth-order valence-electron chi connectivity index (χ4n) is 3.62. The first-order chi connectivity index (χ1) is 15.7. The molecule has 1 aromatic heterocycles. The lowest BCUT2D eigenvalue weighted by Crippen LogP contribution is -2.48. The number of carbonyl (C=O) groups is 1. The zero-order chi connectivity index (χ0) is 22.2. The largest absolute Gasteiger partial charge is 0.309 e. The van der Waals surface area contributed by atoms with Crippen molar-refractivity contribution in [2.24, 2.45) is 0 Å². The van der Waals surface area contributed by atoms with Crippen LogP contribution in [0.5, 0.6) is 0 Å². The van der Waals surface area contributed by atoms with Crippen molar-refractivity contribution in [1.29, 1.82) is 0 Å². The second-order valence-electron chi connectivity index (χ2n) is 7.70.